The van der Waals surface area contributed by atoms with E-state index < -0.39 is 9.84 Å². The molecule has 0 saturated heterocycles. The third kappa shape index (κ3) is 5.81. The van der Waals surface area contributed by atoms with Gasteiger partial charge in [-0.05, 0) is 46.4 Å². The van der Waals surface area contributed by atoms with Gasteiger partial charge in [0.25, 0.3) is 0 Å². The smallest absolute Gasteiger partial charge is 0.150 e. The fourth-order valence-electron chi connectivity index (χ4n) is 3.31. The Bertz CT molecular complexity index is 1050. The van der Waals surface area contributed by atoms with E-state index in [0.717, 1.165) is 12.0 Å². The fourth-order valence-corrected chi connectivity index (χ4v) is 3.70. The Morgan fingerprint density at radius 3 is 1.79 bits per heavy atom. The Hall–Kier alpha value is -2.85. The lowest BCUT2D eigenvalue weighted by Crippen LogP contribution is -2.12. The van der Waals surface area contributed by atoms with Crippen LogP contribution in [0, 0.1) is 0 Å². The summed E-state index contributed by atoms with van der Waals surface area (Å²) in [5.74, 6) is 0.681. The van der Waals surface area contributed by atoms with Gasteiger partial charge in [0.2, 0.25) is 0 Å². The minimum Gasteiger partial charge on any atom is -0.493 e. The van der Waals surface area contributed by atoms with Gasteiger partial charge in [0.1, 0.15) is 12.4 Å². The first kappa shape index (κ1) is 20.9. The Morgan fingerprint density at radius 1 is 0.759 bits per heavy atom. The summed E-state index contributed by atoms with van der Waals surface area (Å²) in [5, 5.41) is 0. The van der Waals surface area contributed by atoms with Crippen molar-refractivity contribution >= 4 is 21.0 Å². The van der Waals surface area contributed by atoms with Crippen molar-refractivity contribution < 1.29 is 13.2 Å². The first-order valence-electron chi connectivity index (χ1n) is 9.73. The number of hydrogen-bond acceptors (Lipinski definition) is 3. The second-order valence-electron chi connectivity index (χ2n) is 6.94. The van der Waals surface area contributed by atoms with E-state index in [9.17, 15) is 8.42 Å². The molecule has 0 saturated carbocycles. The third-order valence-electron chi connectivity index (χ3n) is 4.71. The van der Waals surface area contributed by atoms with E-state index in [1.807, 2.05) is 36.4 Å². The van der Waals surface area contributed by atoms with Crippen LogP contribution in [0.1, 0.15) is 30.0 Å². The van der Waals surface area contributed by atoms with Gasteiger partial charge in [-0.2, -0.15) is 0 Å². The van der Waals surface area contributed by atoms with Crippen LogP contribution in [0.15, 0.2) is 84.9 Å². The Balaban J connectivity index is 1.98. The van der Waals surface area contributed by atoms with Gasteiger partial charge in [-0.25, -0.2) is 8.42 Å². The first-order valence-corrected chi connectivity index (χ1v) is 11.8. The number of ether oxygens (including phenoxy) is 1. The quantitative estimate of drug-likeness (QED) is 0.465. The first-order chi connectivity index (χ1) is 14.0. The van der Waals surface area contributed by atoms with Gasteiger partial charge in [0, 0.05) is 6.26 Å². The summed E-state index contributed by atoms with van der Waals surface area (Å²) in [6.07, 6.45) is 2.12. The summed E-state index contributed by atoms with van der Waals surface area (Å²) in [6, 6.07) is 28.7. The summed E-state index contributed by atoms with van der Waals surface area (Å²) in [6.45, 7) is 2.33. The molecular weight excluding hydrogens is 380 g/mol. The third-order valence-corrected chi connectivity index (χ3v) is 5.61. The lowest BCUT2D eigenvalue weighted by molar-refractivity contribution is 0.341. The fraction of sp³-hybridized carbons (Fsp3) is 0.200. The van der Waals surface area contributed by atoms with Crippen LogP contribution in [0.2, 0.25) is 0 Å². The highest BCUT2D eigenvalue weighted by Gasteiger charge is 2.13. The normalized spacial score (nSPS) is 12.3. The molecule has 0 aliphatic rings. The monoisotopic (exact) mass is 406 g/mol. The number of benzene rings is 3. The molecule has 0 N–H and O–H groups in total. The molecule has 0 aliphatic heterocycles. The number of hydrogen-bond donors (Lipinski definition) is 0. The van der Waals surface area contributed by atoms with Gasteiger partial charge < -0.3 is 4.74 Å². The summed E-state index contributed by atoms with van der Waals surface area (Å²) in [5.41, 5.74) is 5.96. The van der Waals surface area contributed by atoms with Gasteiger partial charge in [0.15, 0.2) is 9.84 Å². The van der Waals surface area contributed by atoms with Crippen molar-refractivity contribution in [3.63, 3.8) is 0 Å². The van der Waals surface area contributed by atoms with Crippen molar-refractivity contribution in [2.45, 2.75) is 13.3 Å². The summed E-state index contributed by atoms with van der Waals surface area (Å²) in [4.78, 5) is 0. The largest absolute Gasteiger partial charge is 0.493 e. The number of allylic oxidation sites excluding steroid dienone is 1. The maximum Gasteiger partial charge on any atom is 0.150 e. The number of rotatable bonds is 8. The summed E-state index contributed by atoms with van der Waals surface area (Å²) < 4.78 is 28.2. The second kappa shape index (κ2) is 9.57. The zero-order chi connectivity index (χ0) is 20.7. The van der Waals surface area contributed by atoms with Crippen LogP contribution in [0.25, 0.3) is 11.1 Å². The van der Waals surface area contributed by atoms with E-state index in [1.54, 1.807) is 0 Å². The van der Waals surface area contributed by atoms with Crippen LogP contribution in [0.3, 0.4) is 0 Å². The van der Waals surface area contributed by atoms with Crippen molar-refractivity contribution in [2.75, 3.05) is 18.6 Å². The van der Waals surface area contributed by atoms with Gasteiger partial charge in [-0.3, -0.25) is 0 Å². The summed E-state index contributed by atoms with van der Waals surface area (Å²) >= 11 is 0. The molecule has 0 unspecified atom stereocenters. The Kier molecular flexibility index (Phi) is 6.89. The van der Waals surface area contributed by atoms with E-state index in [4.69, 9.17) is 4.74 Å². The average Bonchev–Trinajstić information content (AvgIpc) is 2.73. The van der Waals surface area contributed by atoms with E-state index in [2.05, 4.69) is 55.5 Å². The molecule has 0 atom stereocenters. The highest BCUT2D eigenvalue weighted by atomic mass is 32.2. The second-order valence-corrected chi connectivity index (χ2v) is 9.20. The van der Waals surface area contributed by atoms with Crippen molar-refractivity contribution in [3.05, 3.63) is 102 Å². The molecule has 3 aromatic rings. The molecule has 0 radical (unpaired) electrons. The van der Waals surface area contributed by atoms with E-state index in [1.165, 1.54) is 28.5 Å². The number of sulfone groups is 1. The molecule has 29 heavy (non-hydrogen) atoms. The Morgan fingerprint density at radius 2 is 1.28 bits per heavy atom. The minimum absolute atomic E-state index is 0.0118. The minimum atomic E-state index is -3.03. The molecule has 0 bridgehead atoms. The molecule has 3 aromatic carbocycles. The van der Waals surface area contributed by atoms with E-state index in [0.29, 0.717) is 5.75 Å². The zero-order valence-electron chi connectivity index (χ0n) is 16.8. The molecule has 3 rings (SSSR count). The molecule has 0 aromatic heterocycles. The molecule has 0 heterocycles. The Labute approximate surface area is 173 Å². The highest BCUT2D eigenvalue weighted by Crippen LogP contribution is 2.34. The molecular formula is C25H26O3S. The average molecular weight is 407 g/mol. The van der Waals surface area contributed by atoms with Crippen LogP contribution in [0.4, 0.5) is 0 Å². The van der Waals surface area contributed by atoms with Crippen LogP contribution in [0.5, 0.6) is 5.75 Å². The predicted octanol–water partition coefficient (Wildman–Crippen LogP) is 5.48. The highest BCUT2D eigenvalue weighted by molar-refractivity contribution is 7.90. The standard InChI is InChI=1S/C25H26O3S/c1-3-24(20-10-6-4-7-11-20)25(21-12-8-5-9-13-21)22-14-16-23(17-15-22)28-18-19-29(2,26)27/h4-17H,3,18-19H2,1-2H3/b25-24-. The molecule has 0 aliphatic carbocycles. The topological polar surface area (TPSA) is 43.4 Å². The van der Waals surface area contributed by atoms with Gasteiger partial charge in [0.05, 0.1) is 5.75 Å². The van der Waals surface area contributed by atoms with Gasteiger partial charge in [-0.1, -0.05) is 79.7 Å². The molecule has 3 nitrogen and oxygen atoms in total. The van der Waals surface area contributed by atoms with Crippen LogP contribution < -0.4 is 4.74 Å². The predicted molar refractivity (Wildman–Crippen MR) is 121 cm³/mol. The van der Waals surface area contributed by atoms with Crippen LogP contribution >= 0.6 is 0 Å². The molecule has 4 heteroatoms. The molecule has 150 valence electrons. The van der Waals surface area contributed by atoms with Crippen LogP contribution in [-0.2, 0) is 9.84 Å². The van der Waals surface area contributed by atoms with Crippen molar-refractivity contribution in [2.24, 2.45) is 0 Å². The van der Waals surface area contributed by atoms with Gasteiger partial charge >= 0.3 is 0 Å². The SMILES string of the molecule is CC/C(=C(\c1ccccc1)c1ccc(OCCS(C)(=O)=O)cc1)c1ccccc1. The molecule has 0 fully saturated rings. The molecule has 0 spiro atoms. The van der Waals surface area contributed by atoms with Crippen LogP contribution in [-0.4, -0.2) is 27.0 Å². The maximum absolute atomic E-state index is 11.3. The van der Waals surface area contributed by atoms with E-state index in [-0.39, 0.29) is 12.4 Å². The lowest BCUT2D eigenvalue weighted by Gasteiger charge is -2.17. The molecule has 0 amide bonds. The zero-order valence-corrected chi connectivity index (χ0v) is 17.7. The lowest BCUT2D eigenvalue weighted by atomic mass is 9.88. The van der Waals surface area contributed by atoms with Crippen molar-refractivity contribution in [1.29, 1.82) is 0 Å². The van der Waals surface area contributed by atoms with Gasteiger partial charge in [-0.15, -0.1) is 0 Å². The summed E-state index contributed by atoms with van der Waals surface area (Å²) in [7, 11) is -3.03. The van der Waals surface area contributed by atoms with Crippen molar-refractivity contribution in [1.82, 2.24) is 0 Å². The van der Waals surface area contributed by atoms with Crippen molar-refractivity contribution in [3.8, 4) is 5.75 Å². The maximum atomic E-state index is 11.3. The van der Waals surface area contributed by atoms with E-state index >= 15 is 0 Å².